The van der Waals surface area contributed by atoms with Gasteiger partial charge >= 0.3 is 0 Å². The number of aliphatic hydroxyl groups excluding tert-OH is 1. The predicted octanol–water partition coefficient (Wildman–Crippen LogP) is 1.80. The molecule has 0 bridgehead atoms. The third-order valence-electron chi connectivity index (χ3n) is 2.35. The summed E-state index contributed by atoms with van der Waals surface area (Å²) in [4.78, 5) is 0. The summed E-state index contributed by atoms with van der Waals surface area (Å²) in [7, 11) is 0. The van der Waals surface area contributed by atoms with Gasteiger partial charge in [0.1, 0.15) is 11.9 Å². The molecule has 0 radical (unpaired) electrons. The standard InChI is InChI=1S/C12H13N3O/c1-3-11(16)12-14-13-9(2)15(12)10-7-5-4-6-8-10/h3-8,11,16H,1H2,2H3. The molecule has 2 aromatic rings. The summed E-state index contributed by atoms with van der Waals surface area (Å²) in [5, 5.41) is 17.7. The Morgan fingerprint density at radius 3 is 2.62 bits per heavy atom. The molecule has 1 atom stereocenters. The molecule has 16 heavy (non-hydrogen) atoms. The van der Waals surface area contributed by atoms with Gasteiger partial charge in [0.15, 0.2) is 5.82 Å². The van der Waals surface area contributed by atoms with E-state index in [-0.39, 0.29) is 0 Å². The fraction of sp³-hybridized carbons (Fsp3) is 0.167. The first kappa shape index (κ1) is 10.6. The fourth-order valence-corrected chi connectivity index (χ4v) is 1.57. The van der Waals surface area contributed by atoms with Crippen molar-refractivity contribution in [3.8, 4) is 5.69 Å². The Labute approximate surface area is 93.9 Å². The maximum Gasteiger partial charge on any atom is 0.170 e. The van der Waals surface area contributed by atoms with Crippen molar-refractivity contribution in [2.45, 2.75) is 13.0 Å². The number of aryl methyl sites for hydroxylation is 1. The Morgan fingerprint density at radius 1 is 1.31 bits per heavy atom. The lowest BCUT2D eigenvalue weighted by Gasteiger charge is -2.10. The highest BCUT2D eigenvalue weighted by molar-refractivity contribution is 5.34. The van der Waals surface area contributed by atoms with Crippen molar-refractivity contribution in [3.05, 3.63) is 54.6 Å². The van der Waals surface area contributed by atoms with E-state index in [4.69, 9.17) is 0 Å². The third kappa shape index (κ3) is 1.75. The van der Waals surface area contributed by atoms with Crippen LogP contribution >= 0.6 is 0 Å². The second-order valence-corrected chi connectivity index (χ2v) is 3.46. The molecule has 1 N–H and O–H groups in total. The summed E-state index contributed by atoms with van der Waals surface area (Å²) in [6.45, 7) is 5.40. The van der Waals surface area contributed by atoms with Gasteiger partial charge in [0.05, 0.1) is 0 Å². The van der Waals surface area contributed by atoms with Crippen LogP contribution in [0.5, 0.6) is 0 Å². The molecule has 0 aliphatic carbocycles. The number of nitrogens with zero attached hydrogens (tertiary/aromatic N) is 3. The average molecular weight is 215 g/mol. The highest BCUT2D eigenvalue weighted by Gasteiger charge is 2.15. The first-order valence-electron chi connectivity index (χ1n) is 5.02. The molecule has 0 amide bonds. The van der Waals surface area contributed by atoms with Gasteiger partial charge in [-0.25, -0.2) is 0 Å². The summed E-state index contributed by atoms with van der Waals surface area (Å²) >= 11 is 0. The first-order chi connectivity index (χ1) is 7.74. The quantitative estimate of drug-likeness (QED) is 0.794. The van der Waals surface area contributed by atoms with Gasteiger partial charge in [0, 0.05) is 5.69 Å². The van der Waals surface area contributed by atoms with Crippen LogP contribution in [0.3, 0.4) is 0 Å². The highest BCUT2D eigenvalue weighted by atomic mass is 16.3. The summed E-state index contributed by atoms with van der Waals surface area (Å²) < 4.78 is 1.81. The molecule has 82 valence electrons. The highest BCUT2D eigenvalue weighted by Crippen LogP contribution is 2.18. The van der Waals surface area contributed by atoms with Crippen molar-refractivity contribution in [1.82, 2.24) is 14.8 Å². The monoisotopic (exact) mass is 215 g/mol. The Kier molecular flexibility index (Phi) is 2.83. The van der Waals surface area contributed by atoms with Crippen molar-refractivity contribution in [2.75, 3.05) is 0 Å². The minimum absolute atomic E-state index is 0.485. The molecule has 1 aromatic heterocycles. The average Bonchev–Trinajstić information content (AvgIpc) is 2.71. The second-order valence-electron chi connectivity index (χ2n) is 3.46. The van der Waals surface area contributed by atoms with E-state index in [1.165, 1.54) is 6.08 Å². The zero-order valence-electron chi connectivity index (χ0n) is 9.04. The van der Waals surface area contributed by atoms with Gasteiger partial charge in [-0.3, -0.25) is 4.57 Å². The van der Waals surface area contributed by atoms with E-state index in [9.17, 15) is 5.11 Å². The van der Waals surface area contributed by atoms with Crippen LogP contribution in [-0.4, -0.2) is 19.9 Å². The van der Waals surface area contributed by atoms with E-state index in [1.54, 1.807) is 0 Å². The lowest BCUT2D eigenvalue weighted by Crippen LogP contribution is -2.06. The van der Waals surface area contributed by atoms with Gasteiger partial charge in [-0.1, -0.05) is 24.3 Å². The molecular formula is C12H13N3O. The zero-order chi connectivity index (χ0) is 11.5. The van der Waals surface area contributed by atoms with Crippen LogP contribution in [0.2, 0.25) is 0 Å². The van der Waals surface area contributed by atoms with Gasteiger partial charge < -0.3 is 5.11 Å². The van der Waals surface area contributed by atoms with Crippen molar-refractivity contribution in [2.24, 2.45) is 0 Å². The number of hydrogen-bond acceptors (Lipinski definition) is 3. The molecule has 1 aromatic carbocycles. The van der Waals surface area contributed by atoms with Crippen LogP contribution < -0.4 is 0 Å². The Hall–Kier alpha value is -1.94. The predicted molar refractivity (Wildman–Crippen MR) is 61.3 cm³/mol. The molecule has 0 aliphatic heterocycles. The van der Waals surface area contributed by atoms with Crippen molar-refractivity contribution >= 4 is 0 Å². The van der Waals surface area contributed by atoms with E-state index in [1.807, 2.05) is 41.8 Å². The van der Waals surface area contributed by atoms with E-state index in [0.29, 0.717) is 5.82 Å². The van der Waals surface area contributed by atoms with Gasteiger partial charge in [-0.15, -0.1) is 16.8 Å². The molecule has 4 heteroatoms. The molecule has 1 heterocycles. The summed E-state index contributed by atoms with van der Waals surface area (Å²) in [6.07, 6.45) is 0.629. The van der Waals surface area contributed by atoms with Crippen LogP contribution in [0.25, 0.3) is 5.69 Å². The van der Waals surface area contributed by atoms with E-state index < -0.39 is 6.10 Å². The maximum absolute atomic E-state index is 9.74. The number of benzene rings is 1. The van der Waals surface area contributed by atoms with Crippen LogP contribution in [0.15, 0.2) is 43.0 Å². The SMILES string of the molecule is C=CC(O)c1nnc(C)n1-c1ccccc1. The normalized spacial score (nSPS) is 12.4. The van der Waals surface area contributed by atoms with E-state index in [0.717, 1.165) is 11.5 Å². The number of hydrogen-bond donors (Lipinski definition) is 1. The molecular weight excluding hydrogens is 202 g/mol. The molecule has 0 aliphatic rings. The molecule has 2 rings (SSSR count). The van der Waals surface area contributed by atoms with Crippen LogP contribution in [0.4, 0.5) is 0 Å². The smallest absolute Gasteiger partial charge is 0.170 e. The van der Waals surface area contributed by atoms with Crippen molar-refractivity contribution in [1.29, 1.82) is 0 Å². The molecule has 0 saturated heterocycles. The van der Waals surface area contributed by atoms with Crippen LogP contribution in [0.1, 0.15) is 17.8 Å². The molecule has 0 fully saturated rings. The molecule has 1 unspecified atom stereocenters. The van der Waals surface area contributed by atoms with Crippen molar-refractivity contribution in [3.63, 3.8) is 0 Å². The summed E-state index contributed by atoms with van der Waals surface area (Å²) in [5.41, 5.74) is 0.931. The summed E-state index contributed by atoms with van der Waals surface area (Å²) in [6, 6.07) is 9.68. The van der Waals surface area contributed by atoms with Gasteiger partial charge in [-0.05, 0) is 19.1 Å². The molecule has 0 spiro atoms. The Balaban J connectivity index is 2.56. The van der Waals surface area contributed by atoms with Gasteiger partial charge in [-0.2, -0.15) is 0 Å². The van der Waals surface area contributed by atoms with Crippen LogP contribution in [-0.2, 0) is 0 Å². The Bertz CT molecular complexity index is 490. The lowest BCUT2D eigenvalue weighted by atomic mass is 10.2. The maximum atomic E-state index is 9.74. The number of aromatic nitrogens is 3. The number of rotatable bonds is 3. The number of para-hydroxylation sites is 1. The largest absolute Gasteiger partial charge is 0.381 e. The zero-order valence-corrected chi connectivity index (χ0v) is 9.04. The molecule has 4 nitrogen and oxygen atoms in total. The van der Waals surface area contributed by atoms with Gasteiger partial charge in [0.2, 0.25) is 0 Å². The second kappa shape index (κ2) is 4.28. The summed E-state index contributed by atoms with van der Waals surface area (Å²) in [5.74, 6) is 1.22. The van der Waals surface area contributed by atoms with E-state index in [2.05, 4.69) is 16.8 Å². The topological polar surface area (TPSA) is 50.9 Å². The first-order valence-corrected chi connectivity index (χ1v) is 5.02. The van der Waals surface area contributed by atoms with E-state index >= 15 is 0 Å². The van der Waals surface area contributed by atoms with Crippen molar-refractivity contribution < 1.29 is 5.11 Å². The molecule has 0 saturated carbocycles. The Morgan fingerprint density at radius 2 is 2.00 bits per heavy atom. The number of aliphatic hydroxyl groups is 1. The lowest BCUT2D eigenvalue weighted by molar-refractivity contribution is 0.216. The van der Waals surface area contributed by atoms with Gasteiger partial charge in [0.25, 0.3) is 0 Å². The third-order valence-corrected chi connectivity index (χ3v) is 2.35. The minimum atomic E-state index is -0.804. The minimum Gasteiger partial charge on any atom is -0.381 e. The fourth-order valence-electron chi connectivity index (χ4n) is 1.57. The van der Waals surface area contributed by atoms with Crippen LogP contribution in [0, 0.1) is 6.92 Å².